The molecule has 162 valence electrons. The second-order valence-corrected chi connectivity index (χ2v) is 8.48. The maximum atomic E-state index is 11.2. The summed E-state index contributed by atoms with van der Waals surface area (Å²) in [7, 11) is 0. The maximum Gasteiger partial charge on any atom is 0.304 e. The van der Waals surface area contributed by atoms with Gasteiger partial charge < -0.3 is 20.4 Å². The number of nitrogens with one attached hydrogen (secondary N) is 1. The second kappa shape index (κ2) is 10.3. The Hall–Kier alpha value is -3.03. The predicted octanol–water partition coefficient (Wildman–Crippen LogP) is 4.97. The molecule has 7 heteroatoms. The quantitative estimate of drug-likeness (QED) is 0.388. The average Bonchev–Trinajstić information content (AvgIpc) is 3.12. The van der Waals surface area contributed by atoms with Crippen LogP contribution in [-0.2, 0) is 11.4 Å². The number of hydrogen-bond donors (Lipinski definition) is 3. The van der Waals surface area contributed by atoms with Crippen molar-refractivity contribution in [2.75, 3.05) is 6.61 Å². The molecule has 0 fully saturated rings. The molecule has 0 aliphatic heterocycles. The molecule has 0 amide bonds. The lowest BCUT2D eigenvalue weighted by Gasteiger charge is -2.17. The smallest absolute Gasteiger partial charge is 0.304 e. The molecule has 1 aromatic heterocycles. The van der Waals surface area contributed by atoms with Crippen molar-refractivity contribution in [1.82, 2.24) is 4.98 Å². The highest BCUT2D eigenvalue weighted by Gasteiger charge is 2.20. The normalized spacial score (nSPS) is 11.8. The van der Waals surface area contributed by atoms with Gasteiger partial charge in [-0.2, -0.15) is 0 Å². The standard InChI is InChI=1S/C24H26N2O4S/c1-15-3-5-18(6-4-15)24-26-16(2)22(31-24)14-30-19-9-7-17(8-10-19)20(13-23(28)29)21(25)11-12-27/h3-10,20,25,27H,11-14H2,1-2H3,(H,28,29)/t20-/m0/s1. The molecule has 0 saturated carbocycles. The van der Waals surface area contributed by atoms with E-state index in [1.165, 1.54) is 5.56 Å². The highest BCUT2D eigenvalue weighted by Crippen LogP contribution is 2.30. The first kappa shape index (κ1) is 22.7. The van der Waals surface area contributed by atoms with Gasteiger partial charge in [0.25, 0.3) is 0 Å². The summed E-state index contributed by atoms with van der Waals surface area (Å²) in [4.78, 5) is 16.9. The minimum absolute atomic E-state index is 0.157. The van der Waals surface area contributed by atoms with Gasteiger partial charge >= 0.3 is 5.97 Å². The number of aliphatic carboxylic acids is 1. The van der Waals surface area contributed by atoms with Crippen molar-refractivity contribution < 1.29 is 19.7 Å². The third kappa shape index (κ3) is 5.99. The lowest BCUT2D eigenvalue weighted by Crippen LogP contribution is -2.17. The number of hydrogen-bond acceptors (Lipinski definition) is 6. The SMILES string of the molecule is Cc1ccc(-c2nc(C)c(COc3ccc([C@H](CC(=O)O)C(=N)CCO)cc3)s2)cc1. The summed E-state index contributed by atoms with van der Waals surface area (Å²) in [5.74, 6) is -0.867. The van der Waals surface area contributed by atoms with Crippen molar-refractivity contribution in [3.8, 4) is 16.3 Å². The highest BCUT2D eigenvalue weighted by atomic mass is 32.1. The van der Waals surface area contributed by atoms with Gasteiger partial charge in [-0.05, 0) is 31.5 Å². The van der Waals surface area contributed by atoms with E-state index in [1.54, 1.807) is 35.6 Å². The van der Waals surface area contributed by atoms with Crippen LogP contribution >= 0.6 is 11.3 Å². The summed E-state index contributed by atoms with van der Waals surface area (Å²) >= 11 is 1.61. The van der Waals surface area contributed by atoms with Crippen molar-refractivity contribution >= 4 is 23.0 Å². The van der Waals surface area contributed by atoms with Gasteiger partial charge in [-0.1, -0.05) is 42.0 Å². The third-order valence-corrected chi connectivity index (χ3v) is 6.20. The third-order valence-electron chi connectivity index (χ3n) is 5.02. The average molecular weight is 439 g/mol. The zero-order valence-electron chi connectivity index (χ0n) is 17.6. The van der Waals surface area contributed by atoms with Gasteiger partial charge in [0.1, 0.15) is 17.4 Å². The number of ether oxygens (including phenoxy) is 1. The Labute approximate surface area is 185 Å². The summed E-state index contributed by atoms with van der Waals surface area (Å²) in [5.41, 5.74) is 4.17. The monoisotopic (exact) mass is 438 g/mol. The van der Waals surface area contributed by atoms with E-state index in [4.69, 9.17) is 20.4 Å². The van der Waals surface area contributed by atoms with Gasteiger partial charge in [0.05, 0.1) is 17.0 Å². The Balaban J connectivity index is 1.68. The molecule has 0 aliphatic carbocycles. The van der Waals surface area contributed by atoms with Crippen molar-refractivity contribution in [3.05, 3.63) is 70.2 Å². The molecule has 0 radical (unpaired) electrons. The number of aryl methyl sites for hydroxylation is 2. The summed E-state index contributed by atoms with van der Waals surface area (Å²) < 4.78 is 5.93. The fourth-order valence-corrected chi connectivity index (χ4v) is 4.22. The first-order valence-electron chi connectivity index (χ1n) is 10.0. The van der Waals surface area contributed by atoms with Gasteiger partial charge in [0.2, 0.25) is 0 Å². The Morgan fingerprint density at radius 1 is 1.13 bits per heavy atom. The zero-order valence-corrected chi connectivity index (χ0v) is 18.4. The lowest BCUT2D eigenvalue weighted by molar-refractivity contribution is -0.137. The number of aliphatic hydroxyl groups is 1. The Morgan fingerprint density at radius 2 is 1.81 bits per heavy atom. The Morgan fingerprint density at radius 3 is 2.42 bits per heavy atom. The summed E-state index contributed by atoms with van der Waals surface area (Å²) in [6.07, 6.45) is -0.0228. The number of aliphatic hydroxyl groups excluding tert-OH is 1. The van der Waals surface area contributed by atoms with E-state index in [-0.39, 0.29) is 25.2 Å². The van der Waals surface area contributed by atoms with Crippen molar-refractivity contribution in [1.29, 1.82) is 5.41 Å². The van der Waals surface area contributed by atoms with E-state index < -0.39 is 11.9 Å². The van der Waals surface area contributed by atoms with Crippen molar-refractivity contribution in [3.63, 3.8) is 0 Å². The number of benzene rings is 2. The minimum atomic E-state index is -0.974. The number of carboxylic acid groups (broad SMARTS) is 1. The molecule has 0 aliphatic rings. The van der Waals surface area contributed by atoms with Crippen LogP contribution in [0.15, 0.2) is 48.5 Å². The molecule has 6 nitrogen and oxygen atoms in total. The topological polar surface area (TPSA) is 104 Å². The molecule has 3 N–H and O–H groups in total. The van der Waals surface area contributed by atoms with Crippen LogP contribution in [0, 0.1) is 19.3 Å². The van der Waals surface area contributed by atoms with Crippen molar-refractivity contribution in [2.45, 2.75) is 39.2 Å². The zero-order chi connectivity index (χ0) is 22.4. The lowest BCUT2D eigenvalue weighted by atomic mass is 9.89. The molecule has 31 heavy (non-hydrogen) atoms. The summed E-state index contributed by atoms with van der Waals surface area (Å²) in [6, 6.07) is 15.4. The van der Waals surface area contributed by atoms with Crippen LogP contribution in [0.4, 0.5) is 0 Å². The van der Waals surface area contributed by atoms with Crippen molar-refractivity contribution in [2.24, 2.45) is 0 Å². The number of nitrogens with zero attached hydrogens (tertiary/aromatic N) is 1. The summed E-state index contributed by atoms with van der Waals surface area (Å²) in [5, 5.41) is 27.3. The van der Waals surface area contributed by atoms with Gasteiger partial charge in [-0.25, -0.2) is 4.98 Å². The molecule has 0 bridgehead atoms. The Kier molecular flexibility index (Phi) is 7.55. The van der Waals surface area contributed by atoms with Crippen LogP contribution in [0.25, 0.3) is 10.6 Å². The summed E-state index contributed by atoms with van der Waals surface area (Å²) in [6.45, 7) is 4.25. The minimum Gasteiger partial charge on any atom is -0.488 e. The largest absolute Gasteiger partial charge is 0.488 e. The van der Waals surface area contributed by atoms with Crippen LogP contribution in [0.3, 0.4) is 0 Å². The molecule has 1 heterocycles. The van der Waals surface area contributed by atoms with E-state index >= 15 is 0 Å². The van der Waals surface area contributed by atoms with Gasteiger partial charge in [0.15, 0.2) is 0 Å². The van der Waals surface area contributed by atoms with E-state index in [9.17, 15) is 4.79 Å². The number of carboxylic acids is 1. The fourth-order valence-electron chi connectivity index (χ4n) is 3.24. The number of thiazole rings is 1. The van der Waals surface area contributed by atoms with Crippen LogP contribution in [-0.4, -0.2) is 33.5 Å². The van der Waals surface area contributed by atoms with Crippen LogP contribution in [0.5, 0.6) is 5.75 Å². The second-order valence-electron chi connectivity index (χ2n) is 7.40. The van der Waals surface area contributed by atoms with E-state index in [0.29, 0.717) is 12.4 Å². The maximum absolute atomic E-state index is 11.2. The van der Waals surface area contributed by atoms with Crippen LogP contribution in [0.2, 0.25) is 0 Å². The molecule has 0 saturated heterocycles. The molecular weight excluding hydrogens is 412 g/mol. The fraction of sp³-hybridized carbons (Fsp3) is 0.292. The van der Waals surface area contributed by atoms with Gasteiger partial charge in [-0.3, -0.25) is 4.79 Å². The first-order chi connectivity index (χ1) is 14.9. The van der Waals surface area contributed by atoms with Gasteiger partial charge in [-0.15, -0.1) is 11.3 Å². The predicted molar refractivity (Wildman–Crippen MR) is 122 cm³/mol. The molecule has 1 atom stereocenters. The number of carbonyl (C=O) groups is 1. The van der Waals surface area contributed by atoms with Crippen LogP contribution in [0.1, 0.15) is 40.5 Å². The van der Waals surface area contributed by atoms with E-state index in [2.05, 4.69) is 36.2 Å². The van der Waals surface area contributed by atoms with Gasteiger partial charge in [0, 0.05) is 30.2 Å². The molecule has 0 unspecified atom stereocenters. The molecule has 0 spiro atoms. The molecule has 3 aromatic rings. The molecule has 2 aromatic carbocycles. The Bertz CT molecular complexity index is 1040. The van der Waals surface area contributed by atoms with E-state index in [1.807, 2.05) is 6.92 Å². The molecule has 3 rings (SSSR count). The number of rotatable bonds is 10. The van der Waals surface area contributed by atoms with E-state index in [0.717, 1.165) is 26.7 Å². The highest BCUT2D eigenvalue weighted by molar-refractivity contribution is 7.15. The number of aromatic nitrogens is 1. The molecular formula is C24H26N2O4S. The van der Waals surface area contributed by atoms with Crippen LogP contribution < -0.4 is 4.74 Å². The first-order valence-corrected chi connectivity index (χ1v) is 10.8.